The number of rotatable bonds is 7. The second-order valence-corrected chi connectivity index (χ2v) is 6.06. The molecule has 1 rings (SSSR count). The van der Waals surface area contributed by atoms with E-state index in [9.17, 15) is 4.79 Å². The third-order valence-corrected chi connectivity index (χ3v) is 2.85. The van der Waals surface area contributed by atoms with E-state index < -0.39 is 0 Å². The van der Waals surface area contributed by atoms with E-state index in [1.807, 2.05) is 45.0 Å². The summed E-state index contributed by atoms with van der Waals surface area (Å²) in [5.74, 6) is -0.0352. The molecule has 0 aliphatic carbocycles. The molecule has 4 nitrogen and oxygen atoms in total. The van der Waals surface area contributed by atoms with Crippen molar-refractivity contribution in [3.63, 3.8) is 0 Å². The van der Waals surface area contributed by atoms with Gasteiger partial charge in [0.2, 0.25) is 0 Å². The van der Waals surface area contributed by atoms with Crippen molar-refractivity contribution in [2.24, 2.45) is 5.73 Å². The van der Waals surface area contributed by atoms with E-state index in [4.69, 9.17) is 5.73 Å². The topological polar surface area (TPSA) is 67.2 Å². The molecule has 0 atom stereocenters. The fourth-order valence-electron chi connectivity index (χ4n) is 1.83. The van der Waals surface area contributed by atoms with Crippen molar-refractivity contribution in [2.45, 2.75) is 45.6 Å². The van der Waals surface area contributed by atoms with Crippen LogP contribution in [0.2, 0.25) is 0 Å². The largest absolute Gasteiger partial charge is 0.385 e. The van der Waals surface area contributed by atoms with Gasteiger partial charge in [0.25, 0.3) is 5.91 Å². The minimum Gasteiger partial charge on any atom is -0.385 e. The van der Waals surface area contributed by atoms with Crippen LogP contribution >= 0.6 is 0 Å². The van der Waals surface area contributed by atoms with Gasteiger partial charge in [0.1, 0.15) is 0 Å². The summed E-state index contributed by atoms with van der Waals surface area (Å²) in [6, 6.07) is 7.59. The Morgan fingerprint density at radius 2 is 1.75 bits per heavy atom. The maximum Gasteiger partial charge on any atom is 0.251 e. The molecule has 112 valence electrons. The van der Waals surface area contributed by atoms with Gasteiger partial charge < -0.3 is 16.4 Å². The summed E-state index contributed by atoms with van der Waals surface area (Å²) in [7, 11) is 0. The lowest BCUT2D eigenvalue weighted by Gasteiger charge is -2.20. The molecule has 0 spiro atoms. The minimum atomic E-state index is -0.211. The molecule has 20 heavy (non-hydrogen) atoms. The third kappa shape index (κ3) is 6.57. The first-order valence-corrected chi connectivity index (χ1v) is 7.29. The van der Waals surface area contributed by atoms with Crippen LogP contribution in [0.1, 0.15) is 50.4 Å². The van der Waals surface area contributed by atoms with Gasteiger partial charge >= 0.3 is 0 Å². The second-order valence-electron chi connectivity index (χ2n) is 6.06. The van der Waals surface area contributed by atoms with Crippen LogP contribution in [0.4, 0.5) is 5.69 Å². The van der Waals surface area contributed by atoms with Crippen LogP contribution in [-0.4, -0.2) is 24.5 Å². The lowest BCUT2D eigenvalue weighted by molar-refractivity contribution is 0.0919. The summed E-state index contributed by atoms with van der Waals surface area (Å²) in [4.78, 5) is 12.0. The predicted octanol–water partition coefficient (Wildman–Crippen LogP) is 2.76. The normalized spacial score (nSPS) is 11.2. The Morgan fingerprint density at radius 3 is 2.30 bits per heavy atom. The number of nitrogens with two attached hydrogens (primary N) is 1. The Morgan fingerprint density at radius 1 is 1.10 bits per heavy atom. The van der Waals surface area contributed by atoms with Gasteiger partial charge in [0.15, 0.2) is 0 Å². The van der Waals surface area contributed by atoms with Gasteiger partial charge in [0.05, 0.1) is 0 Å². The Kier molecular flexibility index (Phi) is 6.52. The first-order valence-electron chi connectivity index (χ1n) is 7.29. The molecule has 0 saturated carbocycles. The highest BCUT2D eigenvalue weighted by Gasteiger charge is 2.14. The summed E-state index contributed by atoms with van der Waals surface area (Å²) in [5, 5.41) is 6.30. The van der Waals surface area contributed by atoms with E-state index in [1.165, 1.54) is 0 Å². The molecule has 1 aromatic rings. The van der Waals surface area contributed by atoms with Crippen molar-refractivity contribution in [3.05, 3.63) is 29.8 Å². The quantitative estimate of drug-likeness (QED) is 0.671. The van der Waals surface area contributed by atoms with Gasteiger partial charge in [-0.3, -0.25) is 4.79 Å². The summed E-state index contributed by atoms with van der Waals surface area (Å²) >= 11 is 0. The zero-order valence-electron chi connectivity index (χ0n) is 12.8. The van der Waals surface area contributed by atoms with E-state index in [1.54, 1.807) is 0 Å². The van der Waals surface area contributed by atoms with Gasteiger partial charge in [-0.05, 0) is 64.4 Å². The number of benzene rings is 1. The second kappa shape index (κ2) is 7.90. The molecule has 0 saturated heterocycles. The fourth-order valence-corrected chi connectivity index (χ4v) is 1.83. The number of unbranched alkanes of at least 4 members (excludes halogenated alkanes) is 2. The molecule has 4 heteroatoms. The van der Waals surface area contributed by atoms with Crippen molar-refractivity contribution >= 4 is 11.6 Å². The number of hydrogen-bond acceptors (Lipinski definition) is 3. The van der Waals surface area contributed by atoms with Crippen LogP contribution in [0.25, 0.3) is 0 Å². The predicted molar refractivity (Wildman–Crippen MR) is 85.1 cm³/mol. The summed E-state index contributed by atoms with van der Waals surface area (Å²) in [5.41, 5.74) is 6.98. The van der Waals surface area contributed by atoms with Crippen molar-refractivity contribution in [3.8, 4) is 0 Å². The van der Waals surface area contributed by atoms with E-state index in [-0.39, 0.29) is 11.4 Å². The van der Waals surface area contributed by atoms with Crippen molar-refractivity contribution in [2.75, 3.05) is 18.4 Å². The van der Waals surface area contributed by atoms with Gasteiger partial charge in [-0.15, -0.1) is 0 Å². The van der Waals surface area contributed by atoms with E-state index in [2.05, 4.69) is 10.6 Å². The van der Waals surface area contributed by atoms with Gasteiger partial charge in [0, 0.05) is 23.3 Å². The van der Waals surface area contributed by atoms with Gasteiger partial charge in [-0.1, -0.05) is 6.42 Å². The monoisotopic (exact) mass is 277 g/mol. The van der Waals surface area contributed by atoms with Crippen LogP contribution in [0.3, 0.4) is 0 Å². The van der Waals surface area contributed by atoms with Crippen LogP contribution < -0.4 is 16.4 Å². The van der Waals surface area contributed by atoms with Crippen molar-refractivity contribution in [1.82, 2.24) is 5.32 Å². The SMILES string of the molecule is CC(C)(C)NC(=O)c1ccc(NCCCCCN)cc1. The summed E-state index contributed by atoms with van der Waals surface area (Å²) < 4.78 is 0. The Balaban J connectivity index is 2.42. The smallest absolute Gasteiger partial charge is 0.251 e. The average Bonchev–Trinajstić information content (AvgIpc) is 2.37. The lowest BCUT2D eigenvalue weighted by atomic mass is 10.1. The molecule has 0 unspecified atom stereocenters. The number of amides is 1. The molecule has 4 N–H and O–H groups in total. The van der Waals surface area contributed by atoms with E-state index in [0.717, 1.165) is 38.0 Å². The minimum absolute atomic E-state index is 0.0352. The van der Waals surface area contributed by atoms with Gasteiger partial charge in [-0.25, -0.2) is 0 Å². The van der Waals surface area contributed by atoms with Gasteiger partial charge in [-0.2, -0.15) is 0 Å². The van der Waals surface area contributed by atoms with Crippen molar-refractivity contribution < 1.29 is 4.79 Å². The first-order chi connectivity index (χ1) is 9.42. The molecule has 1 aromatic carbocycles. The maximum absolute atomic E-state index is 12.0. The summed E-state index contributed by atoms with van der Waals surface area (Å²) in [6.07, 6.45) is 3.34. The molecule has 0 heterocycles. The highest BCUT2D eigenvalue weighted by molar-refractivity contribution is 5.94. The van der Waals surface area contributed by atoms with E-state index in [0.29, 0.717) is 5.56 Å². The third-order valence-electron chi connectivity index (χ3n) is 2.85. The number of anilines is 1. The molecule has 0 aliphatic heterocycles. The summed E-state index contributed by atoms with van der Waals surface area (Å²) in [6.45, 7) is 7.62. The Bertz CT molecular complexity index is 407. The molecule has 0 radical (unpaired) electrons. The van der Waals surface area contributed by atoms with Crippen LogP contribution in [0.15, 0.2) is 24.3 Å². The number of carbonyl (C=O) groups is 1. The molecule has 0 fully saturated rings. The van der Waals surface area contributed by atoms with Crippen LogP contribution in [-0.2, 0) is 0 Å². The molecule has 0 bridgehead atoms. The molecule has 1 amide bonds. The highest BCUT2D eigenvalue weighted by Crippen LogP contribution is 2.11. The zero-order valence-corrected chi connectivity index (χ0v) is 12.8. The molecule has 0 aromatic heterocycles. The number of hydrogen-bond donors (Lipinski definition) is 3. The number of nitrogens with one attached hydrogen (secondary N) is 2. The van der Waals surface area contributed by atoms with Crippen LogP contribution in [0, 0.1) is 0 Å². The first kappa shape index (κ1) is 16.5. The zero-order chi connectivity index (χ0) is 15.0. The number of carbonyl (C=O) groups excluding carboxylic acids is 1. The molecular weight excluding hydrogens is 250 g/mol. The maximum atomic E-state index is 12.0. The Hall–Kier alpha value is -1.55. The van der Waals surface area contributed by atoms with Crippen molar-refractivity contribution in [1.29, 1.82) is 0 Å². The molecular formula is C16H27N3O. The average molecular weight is 277 g/mol. The standard InChI is InChI=1S/C16H27N3O/c1-16(2,3)19-15(20)13-7-9-14(10-8-13)18-12-6-4-5-11-17/h7-10,18H,4-6,11-12,17H2,1-3H3,(H,19,20). The highest BCUT2D eigenvalue weighted by atomic mass is 16.1. The van der Waals surface area contributed by atoms with E-state index >= 15 is 0 Å². The lowest BCUT2D eigenvalue weighted by Crippen LogP contribution is -2.40. The Labute approximate surface area is 122 Å². The van der Waals surface area contributed by atoms with Crippen LogP contribution in [0.5, 0.6) is 0 Å². The fraction of sp³-hybridized carbons (Fsp3) is 0.562. The molecule has 0 aliphatic rings.